The Kier molecular flexibility index (Phi) is 6.35. The van der Waals surface area contributed by atoms with Gasteiger partial charge < -0.3 is 10.6 Å². The molecule has 2 heteroatoms. The van der Waals surface area contributed by atoms with E-state index in [9.17, 15) is 0 Å². The molecule has 0 aliphatic rings. The van der Waals surface area contributed by atoms with Crippen LogP contribution >= 0.6 is 0 Å². The summed E-state index contributed by atoms with van der Waals surface area (Å²) < 4.78 is 0. The third-order valence-corrected chi connectivity index (χ3v) is 2.16. The van der Waals surface area contributed by atoms with E-state index in [1.54, 1.807) is 0 Å². The van der Waals surface area contributed by atoms with Crippen LogP contribution in [-0.2, 0) is 0 Å². The van der Waals surface area contributed by atoms with Gasteiger partial charge in [0.1, 0.15) is 0 Å². The second-order valence-corrected chi connectivity index (χ2v) is 5.02. The molecule has 0 saturated carbocycles. The van der Waals surface area contributed by atoms with E-state index in [1.807, 2.05) is 7.05 Å². The van der Waals surface area contributed by atoms with Crippen LogP contribution < -0.4 is 10.6 Å². The monoisotopic (exact) mass is 186 g/mol. The van der Waals surface area contributed by atoms with Crippen LogP contribution in [0.3, 0.4) is 0 Å². The molecule has 1 unspecified atom stereocenters. The van der Waals surface area contributed by atoms with Gasteiger partial charge in [-0.15, -0.1) is 0 Å². The van der Waals surface area contributed by atoms with Crippen LogP contribution in [0, 0.1) is 11.3 Å². The van der Waals surface area contributed by atoms with Crippen molar-refractivity contribution in [1.82, 2.24) is 10.6 Å². The van der Waals surface area contributed by atoms with E-state index in [4.69, 9.17) is 0 Å². The minimum atomic E-state index is 0.401. The zero-order valence-electron chi connectivity index (χ0n) is 9.91. The smallest absolute Gasteiger partial charge is 0.0000000122 e. The fourth-order valence-corrected chi connectivity index (χ4v) is 1.30. The molecule has 2 N–H and O–H groups in total. The molecule has 80 valence electrons. The van der Waals surface area contributed by atoms with Gasteiger partial charge in [-0.05, 0) is 38.0 Å². The van der Waals surface area contributed by atoms with Gasteiger partial charge in [0.2, 0.25) is 0 Å². The minimum absolute atomic E-state index is 0.401. The van der Waals surface area contributed by atoms with Gasteiger partial charge in [0.15, 0.2) is 0 Å². The third-order valence-electron chi connectivity index (χ3n) is 2.16. The number of rotatable bonds is 6. The molecular formula is C11H26N2. The highest BCUT2D eigenvalue weighted by Crippen LogP contribution is 2.10. The molecule has 0 aliphatic carbocycles. The first-order chi connectivity index (χ1) is 5.99. The molecule has 2 nitrogen and oxygen atoms in total. The molecule has 0 aromatic rings. The van der Waals surface area contributed by atoms with Crippen molar-refractivity contribution >= 4 is 0 Å². The Labute approximate surface area is 83.5 Å². The third kappa shape index (κ3) is 8.26. The van der Waals surface area contributed by atoms with Gasteiger partial charge >= 0.3 is 0 Å². The topological polar surface area (TPSA) is 24.1 Å². The normalized spacial score (nSPS) is 14.5. The molecule has 0 amide bonds. The molecule has 13 heavy (non-hydrogen) atoms. The first kappa shape index (κ1) is 12.9. The lowest BCUT2D eigenvalue weighted by Crippen LogP contribution is -2.34. The maximum absolute atomic E-state index is 3.52. The molecule has 0 rings (SSSR count). The summed E-state index contributed by atoms with van der Waals surface area (Å²) in [5, 5.41) is 6.75. The fourth-order valence-electron chi connectivity index (χ4n) is 1.30. The average molecular weight is 186 g/mol. The first-order valence-corrected chi connectivity index (χ1v) is 5.35. The Morgan fingerprint density at radius 2 is 1.77 bits per heavy atom. The Morgan fingerprint density at radius 3 is 2.15 bits per heavy atom. The highest BCUT2D eigenvalue weighted by molar-refractivity contribution is 4.68. The van der Waals surface area contributed by atoms with Crippen molar-refractivity contribution < 1.29 is 0 Å². The van der Waals surface area contributed by atoms with Crippen molar-refractivity contribution in [3.05, 3.63) is 0 Å². The van der Waals surface area contributed by atoms with E-state index in [0.29, 0.717) is 5.41 Å². The summed E-state index contributed by atoms with van der Waals surface area (Å²) in [6, 6.07) is 0. The molecule has 0 aromatic heterocycles. The highest BCUT2D eigenvalue weighted by Gasteiger charge is 2.10. The van der Waals surface area contributed by atoms with Crippen LogP contribution in [0.25, 0.3) is 0 Å². The maximum atomic E-state index is 3.52. The van der Waals surface area contributed by atoms with Gasteiger partial charge in [-0.2, -0.15) is 0 Å². The van der Waals surface area contributed by atoms with Crippen molar-refractivity contribution in [2.75, 3.05) is 26.7 Å². The summed E-state index contributed by atoms with van der Waals surface area (Å²) in [5.41, 5.74) is 0.401. The lowest BCUT2D eigenvalue weighted by molar-refractivity contribution is 0.351. The Hall–Kier alpha value is -0.0800. The zero-order chi connectivity index (χ0) is 10.3. The Morgan fingerprint density at radius 1 is 1.15 bits per heavy atom. The molecule has 0 aromatic carbocycles. The summed E-state index contributed by atoms with van der Waals surface area (Å²) in [6.07, 6.45) is 1.25. The van der Waals surface area contributed by atoms with E-state index in [2.05, 4.69) is 38.3 Å². The van der Waals surface area contributed by atoms with Crippen molar-refractivity contribution in [3.63, 3.8) is 0 Å². The zero-order valence-corrected chi connectivity index (χ0v) is 9.91. The highest BCUT2D eigenvalue weighted by atomic mass is 14.9. The van der Waals surface area contributed by atoms with Crippen molar-refractivity contribution in [2.24, 2.45) is 11.3 Å². The molecular weight excluding hydrogens is 160 g/mol. The second-order valence-electron chi connectivity index (χ2n) is 5.02. The standard InChI is InChI=1S/C11H26N2/c1-6-10(7-12-5)8-13-9-11(2,3)4/h10,12-13H,6-9H2,1-5H3. The molecule has 0 radical (unpaired) electrons. The number of hydrogen-bond acceptors (Lipinski definition) is 2. The number of hydrogen-bond donors (Lipinski definition) is 2. The van der Waals surface area contributed by atoms with Gasteiger partial charge in [0.25, 0.3) is 0 Å². The predicted octanol–water partition coefficient (Wildman–Crippen LogP) is 1.87. The van der Waals surface area contributed by atoms with Crippen LogP contribution in [-0.4, -0.2) is 26.7 Å². The van der Waals surface area contributed by atoms with Crippen molar-refractivity contribution in [3.8, 4) is 0 Å². The molecule has 1 atom stereocenters. The van der Waals surface area contributed by atoms with Gasteiger partial charge in [-0.3, -0.25) is 0 Å². The Balaban J connectivity index is 3.49. The minimum Gasteiger partial charge on any atom is -0.319 e. The van der Waals surface area contributed by atoms with Crippen molar-refractivity contribution in [1.29, 1.82) is 0 Å². The summed E-state index contributed by atoms with van der Waals surface area (Å²) in [5.74, 6) is 0.771. The van der Waals surface area contributed by atoms with Gasteiger partial charge in [0.05, 0.1) is 0 Å². The summed E-state index contributed by atoms with van der Waals surface area (Å²) in [6.45, 7) is 12.4. The molecule has 0 heterocycles. The van der Waals surface area contributed by atoms with Gasteiger partial charge in [-0.25, -0.2) is 0 Å². The van der Waals surface area contributed by atoms with Crippen LogP contribution in [0.4, 0.5) is 0 Å². The van der Waals surface area contributed by atoms with Crippen LogP contribution in [0.15, 0.2) is 0 Å². The second kappa shape index (κ2) is 6.39. The largest absolute Gasteiger partial charge is 0.319 e. The molecule has 0 bridgehead atoms. The van der Waals surface area contributed by atoms with Crippen LogP contribution in [0.2, 0.25) is 0 Å². The van der Waals surface area contributed by atoms with Crippen LogP contribution in [0.5, 0.6) is 0 Å². The lowest BCUT2D eigenvalue weighted by Gasteiger charge is -2.21. The van der Waals surface area contributed by atoms with E-state index in [1.165, 1.54) is 6.42 Å². The first-order valence-electron chi connectivity index (χ1n) is 5.35. The van der Waals surface area contributed by atoms with E-state index >= 15 is 0 Å². The predicted molar refractivity (Wildman–Crippen MR) is 60.0 cm³/mol. The van der Waals surface area contributed by atoms with E-state index in [0.717, 1.165) is 25.6 Å². The van der Waals surface area contributed by atoms with Gasteiger partial charge in [0, 0.05) is 0 Å². The van der Waals surface area contributed by atoms with E-state index < -0.39 is 0 Å². The quantitative estimate of drug-likeness (QED) is 0.662. The lowest BCUT2D eigenvalue weighted by atomic mass is 9.96. The van der Waals surface area contributed by atoms with E-state index in [-0.39, 0.29) is 0 Å². The maximum Gasteiger partial charge on any atom is -0.0000000122 e. The summed E-state index contributed by atoms with van der Waals surface area (Å²) in [7, 11) is 2.02. The summed E-state index contributed by atoms with van der Waals surface area (Å²) >= 11 is 0. The molecule has 0 aliphatic heterocycles. The fraction of sp³-hybridized carbons (Fsp3) is 1.00. The van der Waals surface area contributed by atoms with Crippen LogP contribution in [0.1, 0.15) is 34.1 Å². The Bertz CT molecular complexity index is 116. The SMILES string of the molecule is CCC(CNC)CNCC(C)(C)C. The number of nitrogens with one attached hydrogen (secondary N) is 2. The molecule has 0 fully saturated rings. The summed E-state index contributed by atoms with van der Waals surface area (Å²) in [4.78, 5) is 0. The molecule has 0 spiro atoms. The van der Waals surface area contributed by atoms with Crippen molar-refractivity contribution in [2.45, 2.75) is 34.1 Å². The van der Waals surface area contributed by atoms with Gasteiger partial charge in [-0.1, -0.05) is 34.1 Å². The molecule has 0 saturated heterocycles. The average Bonchev–Trinajstić information content (AvgIpc) is 2.01.